The molecule has 9 aromatic rings. The van der Waals surface area contributed by atoms with Crippen LogP contribution in [0.4, 0.5) is 0 Å². The van der Waals surface area contributed by atoms with Crippen LogP contribution in [-0.2, 0) is 5.41 Å². The van der Waals surface area contributed by atoms with E-state index < -0.39 is 0 Å². The minimum Gasteiger partial charge on any atom is -0.0622 e. The number of rotatable bonds is 3. The Balaban J connectivity index is 1.25. The minimum atomic E-state index is -0.102. The first kappa shape index (κ1) is 28.1. The minimum absolute atomic E-state index is 0.102. The lowest BCUT2D eigenvalue weighted by Gasteiger charge is -2.23. The number of hydrogen-bond donors (Lipinski definition) is 0. The van der Waals surface area contributed by atoms with E-state index >= 15 is 0 Å². The fourth-order valence-corrected chi connectivity index (χ4v) is 8.78. The lowest BCUT2D eigenvalue weighted by atomic mass is 9.80. The van der Waals surface area contributed by atoms with Crippen LogP contribution in [0.2, 0.25) is 0 Å². The molecule has 1 aliphatic rings. The van der Waals surface area contributed by atoms with Gasteiger partial charge in [0.1, 0.15) is 0 Å². The Morgan fingerprint density at radius 3 is 1.49 bits per heavy atom. The van der Waals surface area contributed by atoms with Gasteiger partial charge in [-0.2, -0.15) is 0 Å². The third kappa shape index (κ3) is 4.04. The molecule has 0 nitrogen and oxygen atoms in total. The standard InChI is InChI=1S/C49H34/c1-49(2)44-29-25-32-16-6-7-17-35(32)48(44)43-26-24-33(30-45(43)49)46-38-20-10-12-22-40(38)47(41-23-13-11-21-39(41)46)42-28-27-34(31-14-4-3-5-15-31)36-18-8-9-19-37(36)42/h3-30H,1-2H3. The Morgan fingerprint density at radius 2 is 0.816 bits per heavy atom. The maximum absolute atomic E-state index is 2.49. The molecule has 0 amide bonds. The predicted molar refractivity (Wildman–Crippen MR) is 210 cm³/mol. The molecular formula is C49H34. The van der Waals surface area contributed by atoms with E-state index in [-0.39, 0.29) is 5.41 Å². The molecule has 0 unspecified atom stereocenters. The monoisotopic (exact) mass is 622 g/mol. The molecule has 1 aliphatic carbocycles. The number of benzene rings is 9. The van der Waals surface area contributed by atoms with Gasteiger partial charge < -0.3 is 0 Å². The van der Waals surface area contributed by atoms with Crippen LogP contribution in [0.1, 0.15) is 25.0 Å². The fraction of sp³-hybridized carbons (Fsp3) is 0.0612. The van der Waals surface area contributed by atoms with E-state index in [9.17, 15) is 0 Å². The van der Waals surface area contributed by atoms with Crippen LogP contribution in [0.3, 0.4) is 0 Å². The van der Waals surface area contributed by atoms with Gasteiger partial charge in [-0.25, -0.2) is 0 Å². The summed E-state index contributed by atoms with van der Waals surface area (Å²) in [4.78, 5) is 0. The van der Waals surface area contributed by atoms with Crippen molar-refractivity contribution in [2.45, 2.75) is 19.3 Å². The van der Waals surface area contributed by atoms with Crippen molar-refractivity contribution in [1.29, 1.82) is 0 Å². The lowest BCUT2D eigenvalue weighted by Crippen LogP contribution is -2.15. The highest BCUT2D eigenvalue weighted by molar-refractivity contribution is 6.24. The summed E-state index contributed by atoms with van der Waals surface area (Å²) < 4.78 is 0. The van der Waals surface area contributed by atoms with Gasteiger partial charge in [0.15, 0.2) is 0 Å². The summed E-state index contributed by atoms with van der Waals surface area (Å²) in [7, 11) is 0. The quantitative estimate of drug-likeness (QED) is 0.172. The second-order valence-corrected chi connectivity index (χ2v) is 14.0. The maximum Gasteiger partial charge on any atom is 0.0159 e. The van der Waals surface area contributed by atoms with Crippen molar-refractivity contribution >= 4 is 43.1 Å². The summed E-state index contributed by atoms with van der Waals surface area (Å²) in [6, 6.07) is 63.1. The predicted octanol–water partition coefficient (Wildman–Crippen LogP) is 13.6. The third-order valence-corrected chi connectivity index (χ3v) is 11.1. The summed E-state index contributed by atoms with van der Waals surface area (Å²) in [5, 5.41) is 10.3. The van der Waals surface area contributed by atoms with Gasteiger partial charge in [0.2, 0.25) is 0 Å². The Bertz CT molecular complexity index is 2720. The van der Waals surface area contributed by atoms with Gasteiger partial charge in [-0.1, -0.05) is 178 Å². The van der Waals surface area contributed by atoms with Crippen LogP contribution in [0, 0.1) is 0 Å². The Kier molecular flexibility index (Phi) is 6.02. The zero-order valence-electron chi connectivity index (χ0n) is 27.7. The van der Waals surface area contributed by atoms with Crippen molar-refractivity contribution in [1.82, 2.24) is 0 Å². The average molecular weight is 623 g/mol. The van der Waals surface area contributed by atoms with Crippen molar-refractivity contribution in [3.63, 3.8) is 0 Å². The van der Waals surface area contributed by atoms with Crippen molar-refractivity contribution < 1.29 is 0 Å². The smallest absolute Gasteiger partial charge is 0.0159 e. The zero-order chi connectivity index (χ0) is 32.7. The van der Waals surface area contributed by atoms with Gasteiger partial charge in [0, 0.05) is 5.41 Å². The van der Waals surface area contributed by atoms with Crippen LogP contribution >= 0.6 is 0 Å². The van der Waals surface area contributed by atoms with Crippen LogP contribution in [0.25, 0.3) is 87.6 Å². The molecule has 0 heteroatoms. The second kappa shape index (κ2) is 10.5. The maximum atomic E-state index is 2.49. The summed E-state index contributed by atoms with van der Waals surface area (Å²) >= 11 is 0. The second-order valence-electron chi connectivity index (χ2n) is 14.0. The third-order valence-electron chi connectivity index (χ3n) is 11.1. The Labute approximate surface area is 286 Å². The van der Waals surface area contributed by atoms with Crippen LogP contribution in [-0.4, -0.2) is 0 Å². The zero-order valence-corrected chi connectivity index (χ0v) is 27.7. The first-order valence-electron chi connectivity index (χ1n) is 17.3. The van der Waals surface area contributed by atoms with E-state index in [0.717, 1.165) is 0 Å². The van der Waals surface area contributed by atoms with E-state index in [1.165, 1.54) is 98.7 Å². The summed E-state index contributed by atoms with van der Waals surface area (Å²) in [6.45, 7) is 4.78. The van der Waals surface area contributed by atoms with Crippen molar-refractivity contribution in [3.8, 4) is 44.5 Å². The Morgan fingerprint density at radius 1 is 0.306 bits per heavy atom. The van der Waals surface area contributed by atoms with Crippen molar-refractivity contribution in [3.05, 3.63) is 181 Å². The van der Waals surface area contributed by atoms with Gasteiger partial charge >= 0.3 is 0 Å². The van der Waals surface area contributed by atoms with E-state index in [0.29, 0.717) is 0 Å². The SMILES string of the molecule is CC1(C)c2cc(-c3c4ccccc4c(-c4ccc(-c5ccccc5)c5ccccc45)c4ccccc34)ccc2-c2c1ccc1ccccc21. The molecule has 9 aromatic carbocycles. The van der Waals surface area contributed by atoms with Crippen LogP contribution in [0.15, 0.2) is 170 Å². The van der Waals surface area contributed by atoms with Crippen molar-refractivity contribution in [2.75, 3.05) is 0 Å². The topological polar surface area (TPSA) is 0 Å². The van der Waals surface area contributed by atoms with Gasteiger partial charge in [-0.15, -0.1) is 0 Å². The molecular weight excluding hydrogens is 589 g/mol. The number of hydrogen-bond acceptors (Lipinski definition) is 0. The first-order chi connectivity index (χ1) is 24.1. The molecule has 10 rings (SSSR count). The average Bonchev–Trinajstić information content (AvgIpc) is 3.39. The lowest BCUT2D eigenvalue weighted by molar-refractivity contribution is 0.661. The molecule has 0 fully saturated rings. The highest BCUT2D eigenvalue weighted by atomic mass is 14.4. The van der Waals surface area contributed by atoms with E-state index in [4.69, 9.17) is 0 Å². The fourth-order valence-electron chi connectivity index (χ4n) is 8.78. The molecule has 0 aliphatic heterocycles. The van der Waals surface area contributed by atoms with Gasteiger partial charge in [0.05, 0.1) is 0 Å². The normalized spacial score (nSPS) is 13.3. The molecule has 0 saturated heterocycles. The summed E-state index contributed by atoms with van der Waals surface area (Å²) in [6.07, 6.45) is 0. The summed E-state index contributed by atoms with van der Waals surface area (Å²) in [5.41, 5.74) is 13.1. The molecule has 0 saturated carbocycles. The van der Waals surface area contributed by atoms with Gasteiger partial charge in [-0.05, 0) is 105 Å². The van der Waals surface area contributed by atoms with Gasteiger partial charge in [-0.3, -0.25) is 0 Å². The molecule has 0 heterocycles. The molecule has 0 N–H and O–H groups in total. The Hall–Kier alpha value is -5.98. The first-order valence-corrected chi connectivity index (χ1v) is 17.3. The molecule has 0 spiro atoms. The van der Waals surface area contributed by atoms with Crippen LogP contribution in [0.5, 0.6) is 0 Å². The molecule has 0 atom stereocenters. The number of fused-ring (bicyclic) bond motifs is 8. The molecule has 230 valence electrons. The van der Waals surface area contributed by atoms with E-state index in [1.54, 1.807) is 0 Å². The van der Waals surface area contributed by atoms with E-state index in [2.05, 4.69) is 184 Å². The molecule has 0 aromatic heterocycles. The van der Waals surface area contributed by atoms with Crippen molar-refractivity contribution in [2.24, 2.45) is 0 Å². The molecule has 49 heavy (non-hydrogen) atoms. The highest BCUT2D eigenvalue weighted by Gasteiger charge is 2.36. The summed E-state index contributed by atoms with van der Waals surface area (Å²) in [5.74, 6) is 0. The van der Waals surface area contributed by atoms with E-state index in [1.807, 2.05) is 0 Å². The highest BCUT2D eigenvalue weighted by Crippen LogP contribution is 2.53. The largest absolute Gasteiger partial charge is 0.0622 e. The van der Waals surface area contributed by atoms with Crippen LogP contribution < -0.4 is 0 Å². The molecule has 0 bridgehead atoms. The molecule has 0 radical (unpaired) electrons. The van der Waals surface area contributed by atoms with Gasteiger partial charge in [0.25, 0.3) is 0 Å².